The highest BCUT2D eigenvalue weighted by Gasteiger charge is 2.50. The molecular formula is C32H37NO5. The number of amides is 1. The van der Waals surface area contributed by atoms with Crippen LogP contribution in [0.5, 0.6) is 11.5 Å². The minimum absolute atomic E-state index is 0.114. The Labute approximate surface area is 225 Å². The van der Waals surface area contributed by atoms with Crippen molar-refractivity contribution in [3.8, 4) is 11.5 Å². The fourth-order valence-corrected chi connectivity index (χ4v) is 5.31. The summed E-state index contributed by atoms with van der Waals surface area (Å²) in [7, 11) is 4.62. The maximum absolute atomic E-state index is 14.3. The lowest BCUT2D eigenvalue weighted by Crippen LogP contribution is -2.62. The van der Waals surface area contributed by atoms with Crippen molar-refractivity contribution in [2.75, 3.05) is 21.3 Å². The average Bonchev–Trinajstić information content (AvgIpc) is 2.95. The fraction of sp³-hybridized carbons (Fsp3) is 0.375. The van der Waals surface area contributed by atoms with E-state index in [-0.39, 0.29) is 17.9 Å². The maximum atomic E-state index is 14.3. The van der Waals surface area contributed by atoms with Gasteiger partial charge in [0.2, 0.25) is 0 Å². The lowest BCUT2D eigenvalue weighted by molar-refractivity contribution is -0.154. The summed E-state index contributed by atoms with van der Waals surface area (Å²) in [6.45, 7) is 6.69. The molecule has 0 N–H and O–H groups in total. The Morgan fingerprint density at radius 2 is 1.66 bits per heavy atom. The number of ether oxygens (including phenoxy) is 3. The van der Waals surface area contributed by atoms with Crippen molar-refractivity contribution in [2.24, 2.45) is 0 Å². The molecule has 1 aliphatic heterocycles. The van der Waals surface area contributed by atoms with Gasteiger partial charge >= 0.3 is 5.97 Å². The van der Waals surface area contributed by atoms with E-state index in [1.807, 2.05) is 60.7 Å². The number of methoxy groups -OCH3 is 3. The monoisotopic (exact) mass is 515 g/mol. The van der Waals surface area contributed by atoms with Gasteiger partial charge in [-0.25, -0.2) is 4.79 Å². The predicted octanol–water partition coefficient (Wildman–Crippen LogP) is 5.74. The SMILES string of the molecule is CCC(C)(C)c1ccc(C(=O)N2Cc3cc(OC)ccc3CC2(Cc2ccccc2)C(=O)OC)cc1OC. The van der Waals surface area contributed by atoms with Crippen LogP contribution in [0.2, 0.25) is 0 Å². The molecule has 1 atom stereocenters. The van der Waals surface area contributed by atoms with Gasteiger partial charge in [-0.2, -0.15) is 0 Å². The van der Waals surface area contributed by atoms with Gasteiger partial charge in [0.1, 0.15) is 17.0 Å². The van der Waals surface area contributed by atoms with Crippen molar-refractivity contribution >= 4 is 11.9 Å². The third-order valence-electron chi connectivity index (χ3n) is 7.95. The first-order valence-corrected chi connectivity index (χ1v) is 13.0. The minimum atomic E-state index is -1.22. The zero-order chi connectivity index (χ0) is 27.5. The Morgan fingerprint density at radius 3 is 2.29 bits per heavy atom. The molecule has 38 heavy (non-hydrogen) atoms. The van der Waals surface area contributed by atoms with Crippen LogP contribution in [0.3, 0.4) is 0 Å². The van der Waals surface area contributed by atoms with E-state index in [9.17, 15) is 9.59 Å². The number of benzene rings is 3. The van der Waals surface area contributed by atoms with E-state index in [1.54, 1.807) is 25.2 Å². The molecule has 0 aliphatic carbocycles. The molecular weight excluding hydrogens is 478 g/mol. The number of hydrogen-bond acceptors (Lipinski definition) is 5. The second-order valence-corrected chi connectivity index (χ2v) is 10.5. The molecule has 0 bridgehead atoms. The van der Waals surface area contributed by atoms with E-state index in [1.165, 1.54) is 7.11 Å². The van der Waals surface area contributed by atoms with Crippen molar-refractivity contribution in [3.63, 3.8) is 0 Å². The van der Waals surface area contributed by atoms with Gasteiger partial charge in [0, 0.05) is 24.9 Å². The Hall–Kier alpha value is -3.80. The number of esters is 1. The van der Waals surface area contributed by atoms with Gasteiger partial charge in [0.15, 0.2) is 0 Å². The molecule has 0 saturated heterocycles. The molecule has 1 aliphatic rings. The standard InChI is InChI=1S/C32H37NO5/c1-7-31(2,3)27-16-14-23(18-28(27)37-5)29(34)33-21-25-17-26(36-4)15-13-24(25)20-32(33,30(35)38-6)19-22-11-9-8-10-12-22/h8-18H,7,19-21H2,1-6H3. The van der Waals surface area contributed by atoms with Crippen molar-refractivity contribution in [1.29, 1.82) is 0 Å². The Bertz CT molecular complexity index is 1320. The van der Waals surface area contributed by atoms with E-state index in [0.717, 1.165) is 28.7 Å². The fourth-order valence-electron chi connectivity index (χ4n) is 5.31. The predicted molar refractivity (Wildman–Crippen MR) is 148 cm³/mol. The van der Waals surface area contributed by atoms with Crippen LogP contribution in [0.4, 0.5) is 0 Å². The van der Waals surface area contributed by atoms with Crippen molar-refractivity contribution in [2.45, 2.75) is 57.5 Å². The summed E-state index contributed by atoms with van der Waals surface area (Å²) in [6, 6.07) is 21.2. The first-order valence-electron chi connectivity index (χ1n) is 13.0. The second kappa shape index (κ2) is 10.9. The molecule has 0 aromatic heterocycles. The van der Waals surface area contributed by atoms with Gasteiger partial charge in [-0.05, 0) is 58.4 Å². The van der Waals surface area contributed by atoms with Crippen LogP contribution in [-0.4, -0.2) is 43.6 Å². The summed E-state index contributed by atoms with van der Waals surface area (Å²) < 4.78 is 16.6. The third-order valence-corrected chi connectivity index (χ3v) is 7.95. The maximum Gasteiger partial charge on any atom is 0.332 e. The van der Waals surface area contributed by atoms with Crippen LogP contribution in [0.1, 0.15) is 59.8 Å². The van der Waals surface area contributed by atoms with Gasteiger partial charge in [0.25, 0.3) is 5.91 Å². The number of carbonyl (C=O) groups is 2. The number of hydrogen-bond donors (Lipinski definition) is 0. The molecule has 6 heteroatoms. The topological polar surface area (TPSA) is 65.1 Å². The molecule has 6 nitrogen and oxygen atoms in total. The summed E-state index contributed by atoms with van der Waals surface area (Å²) in [5, 5.41) is 0. The summed E-state index contributed by atoms with van der Waals surface area (Å²) >= 11 is 0. The zero-order valence-corrected chi connectivity index (χ0v) is 23.2. The highest BCUT2D eigenvalue weighted by Crippen LogP contribution is 2.39. The smallest absolute Gasteiger partial charge is 0.332 e. The van der Waals surface area contributed by atoms with E-state index < -0.39 is 11.5 Å². The van der Waals surface area contributed by atoms with Crippen LogP contribution in [0.15, 0.2) is 66.7 Å². The number of carbonyl (C=O) groups excluding carboxylic acids is 2. The Balaban J connectivity index is 1.86. The molecule has 0 radical (unpaired) electrons. The highest BCUT2D eigenvalue weighted by molar-refractivity contribution is 5.99. The van der Waals surface area contributed by atoms with Gasteiger partial charge in [-0.1, -0.05) is 63.2 Å². The van der Waals surface area contributed by atoms with Gasteiger partial charge < -0.3 is 19.1 Å². The van der Waals surface area contributed by atoms with Gasteiger partial charge in [0.05, 0.1) is 21.3 Å². The van der Waals surface area contributed by atoms with Crippen LogP contribution in [0, 0.1) is 0 Å². The highest BCUT2D eigenvalue weighted by atomic mass is 16.5. The van der Waals surface area contributed by atoms with Gasteiger partial charge in [-0.15, -0.1) is 0 Å². The summed E-state index contributed by atoms with van der Waals surface area (Å²) in [6.07, 6.45) is 1.58. The minimum Gasteiger partial charge on any atom is -0.497 e. The number of rotatable bonds is 8. The summed E-state index contributed by atoms with van der Waals surface area (Å²) in [4.78, 5) is 29.6. The molecule has 200 valence electrons. The van der Waals surface area contributed by atoms with Crippen LogP contribution in [-0.2, 0) is 34.3 Å². The lowest BCUT2D eigenvalue weighted by Gasteiger charge is -2.46. The first kappa shape index (κ1) is 27.2. The second-order valence-electron chi connectivity index (χ2n) is 10.5. The van der Waals surface area contributed by atoms with E-state index >= 15 is 0 Å². The van der Waals surface area contributed by atoms with E-state index in [2.05, 4.69) is 20.8 Å². The number of nitrogens with zero attached hydrogens (tertiary/aromatic N) is 1. The average molecular weight is 516 g/mol. The van der Waals surface area contributed by atoms with Crippen molar-refractivity contribution < 1.29 is 23.8 Å². The van der Waals surface area contributed by atoms with Gasteiger partial charge in [-0.3, -0.25) is 4.79 Å². The van der Waals surface area contributed by atoms with Crippen LogP contribution < -0.4 is 9.47 Å². The molecule has 0 spiro atoms. The summed E-state index contributed by atoms with van der Waals surface area (Å²) in [5.74, 6) is 0.678. The number of fused-ring (bicyclic) bond motifs is 1. The van der Waals surface area contributed by atoms with Crippen LogP contribution in [0.25, 0.3) is 0 Å². The largest absolute Gasteiger partial charge is 0.497 e. The molecule has 3 aromatic carbocycles. The van der Waals surface area contributed by atoms with Crippen molar-refractivity contribution in [3.05, 3.63) is 94.5 Å². The Morgan fingerprint density at radius 1 is 0.921 bits per heavy atom. The Kier molecular flexibility index (Phi) is 7.81. The van der Waals surface area contributed by atoms with Crippen LogP contribution >= 0.6 is 0 Å². The lowest BCUT2D eigenvalue weighted by atomic mass is 9.77. The van der Waals surface area contributed by atoms with E-state index in [0.29, 0.717) is 29.9 Å². The molecule has 0 fully saturated rings. The first-order chi connectivity index (χ1) is 18.2. The quantitative estimate of drug-likeness (QED) is 0.358. The molecule has 1 unspecified atom stereocenters. The molecule has 4 rings (SSSR count). The molecule has 0 saturated carbocycles. The van der Waals surface area contributed by atoms with E-state index in [4.69, 9.17) is 14.2 Å². The third kappa shape index (κ3) is 5.00. The van der Waals surface area contributed by atoms with Crippen molar-refractivity contribution in [1.82, 2.24) is 4.90 Å². The summed E-state index contributed by atoms with van der Waals surface area (Å²) in [5.41, 5.74) is 3.06. The zero-order valence-electron chi connectivity index (χ0n) is 23.2. The molecule has 1 amide bonds. The molecule has 1 heterocycles. The molecule has 3 aromatic rings. The normalized spacial score (nSPS) is 16.9.